The molecule has 0 unspecified atom stereocenters. The van der Waals surface area contributed by atoms with Crippen molar-refractivity contribution in [2.75, 3.05) is 0 Å². The van der Waals surface area contributed by atoms with Crippen LogP contribution >= 0.6 is 11.6 Å². The van der Waals surface area contributed by atoms with E-state index in [9.17, 15) is 8.78 Å². The van der Waals surface area contributed by atoms with Crippen LogP contribution in [0.5, 0.6) is 5.75 Å². The molecular formula is C9H5ClF2N3O. The number of hydrogen-bond acceptors (Lipinski definition) is 3. The normalized spacial score (nSPS) is 10.8. The Morgan fingerprint density at radius 2 is 2.25 bits per heavy atom. The third kappa shape index (κ3) is 2.27. The van der Waals surface area contributed by atoms with Crippen molar-refractivity contribution in [2.24, 2.45) is 0 Å². The maximum atomic E-state index is 12.1. The van der Waals surface area contributed by atoms with Crippen LogP contribution in [0.15, 0.2) is 24.4 Å². The Morgan fingerprint density at radius 3 is 2.88 bits per heavy atom. The molecule has 83 valence electrons. The molecule has 2 aromatic rings. The van der Waals surface area contributed by atoms with Gasteiger partial charge in [0.1, 0.15) is 11.9 Å². The van der Waals surface area contributed by atoms with Gasteiger partial charge >= 0.3 is 6.61 Å². The number of rotatable bonds is 3. The zero-order valence-electron chi connectivity index (χ0n) is 7.77. The number of halogens is 3. The summed E-state index contributed by atoms with van der Waals surface area (Å²) in [4.78, 5) is 0. The molecule has 0 N–H and O–H groups in total. The highest BCUT2D eigenvalue weighted by Gasteiger charge is 2.10. The third-order valence-corrected chi connectivity index (χ3v) is 2.09. The van der Waals surface area contributed by atoms with Gasteiger partial charge in [0, 0.05) is 6.07 Å². The van der Waals surface area contributed by atoms with Gasteiger partial charge in [-0.1, -0.05) is 16.8 Å². The van der Waals surface area contributed by atoms with Crippen molar-refractivity contribution in [3.05, 3.63) is 35.6 Å². The average Bonchev–Trinajstić information content (AvgIpc) is 2.73. The van der Waals surface area contributed by atoms with Crippen LogP contribution in [-0.2, 0) is 0 Å². The molecule has 16 heavy (non-hydrogen) atoms. The fourth-order valence-electron chi connectivity index (χ4n) is 1.13. The minimum atomic E-state index is -2.92. The maximum absolute atomic E-state index is 12.1. The molecule has 1 heterocycles. The van der Waals surface area contributed by atoms with Crippen molar-refractivity contribution in [2.45, 2.75) is 6.61 Å². The third-order valence-electron chi connectivity index (χ3n) is 1.77. The van der Waals surface area contributed by atoms with Crippen molar-refractivity contribution >= 4 is 11.6 Å². The number of hydrogen-bond donors (Lipinski definition) is 0. The van der Waals surface area contributed by atoms with Crippen LogP contribution in [0.25, 0.3) is 5.69 Å². The number of nitrogens with zero attached hydrogens (tertiary/aromatic N) is 3. The molecule has 0 atom stereocenters. The SMILES string of the molecule is FC(F)Oc1cc(-n2c[c]nn2)ccc1Cl. The van der Waals surface area contributed by atoms with Gasteiger partial charge in [-0.15, -0.1) is 5.10 Å². The van der Waals surface area contributed by atoms with E-state index in [1.54, 1.807) is 6.07 Å². The second-order valence-electron chi connectivity index (χ2n) is 2.79. The quantitative estimate of drug-likeness (QED) is 0.832. The Balaban J connectivity index is 2.36. The predicted octanol–water partition coefficient (Wildman–Crippen LogP) is 2.32. The first kappa shape index (κ1) is 10.8. The van der Waals surface area contributed by atoms with Gasteiger partial charge in [-0.05, 0) is 12.1 Å². The lowest BCUT2D eigenvalue weighted by atomic mass is 10.3. The highest BCUT2D eigenvalue weighted by molar-refractivity contribution is 6.32. The molecule has 0 bridgehead atoms. The summed E-state index contributed by atoms with van der Waals surface area (Å²) < 4.78 is 29.7. The first-order chi connectivity index (χ1) is 7.66. The topological polar surface area (TPSA) is 39.9 Å². The molecule has 1 radical (unpaired) electrons. The minimum absolute atomic E-state index is 0.105. The second kappa shape index (κ2) is 4.44. The fourth-order valence-corrected chi connectivity index (χ4v) is 1.29. The van der Waals surface area contributed by atoms with Crippen LogP contribution < -0.4 is 4.74 Å². The molecule has 0 aliphatic rings. The monoisotopic (exact) mass is 244 g/mol. The Bertz CT molecular complexity index is 476. The first-order valence-electron chi connectivity index (χ1n) is 4.20. The molecule has 1 aromatic carbocycles. The van der Waals surface area contributed by atoms with E-state index in [1.165, 1.54) is 23.0 Å². The van der Waals surface area contributed by atoms with E-state index in [2.05, 4.69) is 21.2 Å². The van der Waals surface area contributed by atoms with Crippen molar-refractivity contribution < 1.29 is 13.5 Å². The standard InChI is InChI=1S/C9H5ClF2N3O/c10-7-2-1-6(15-4-3-13-14-15)5-8(7)16-9(11)12/h1-2,4-5,9H. The van der Waals surface area contributed by atoms with Gasteiger partial charge < -0.3 is 4.74 Å². The van der Waals surface area contributed by atoms with Crippen LogP contribution in [0.3, 0.4) is 0 Å². The Hall–Kier alpha value is -1.69. The smallest absolute Gasteiger partial charge is 0.387 e. The summed E-state index contributed by atoms with van der Waals surface area (Å²) >= 11 is 5.69. The molecular weight excluding hydrogens is 240 g/mol. The van der Waals surface area contributed by atoms with Gasteiger partial charge in [0.05, 0.1) is 16.9 Å². The Morgan fingerprint density at radius 1 is 1.44 bits per heavy atom. The number of benzene rings is 1. The summed E-state index contributed by atoms with van der Waals surface area (Å²) in [5.41, 5.74) is 0.508. The molecule has 0 amide bonds. The summed E-state index contributed by atoms with van der Waals surface area (Å²) in [6.07, 6.45) is 3.94. The molecule has 0 aliphatic carbocycles. The van der Waals surface area contributed by atoms with Crippen molar-refractivity contribution in [3.8, 4) is 11.4 Å². The Labute approximate surface area is 94.4 Å². The molecule has 0 aliphatic heterocycles. The van der Waals surface area contributed by atoms with Crippen LogP contribution in [0, 0.1) is 6.20 Å². The van der Waals surface area contributed by atoms with E-state index in [0.29, 0.717) is 5.69 Å². The summed E-state index contributed by atoms with van der Waals surface area (Å²) in [6, 6.07) is 4.39. The van der Waals surface area contributed by atoms with Gasteiger partial charge in [0.2, 0.25) is 0 Å². The van der Waals surface area contributed by atoms with Crippen LogP contribution in [-0.4, -0.2) is 21.6 Å². The van der Waals surface area contributed by atoms with Crippen molar-refractivity contribution in [1.29, 1.82) is 0 Å². The van der Waals surface area contributed by atoms with E-state index < -0.39 is 6.61 Å². The van der Waals surface area contributed by atoms with Crippen molar-refractivity contribution in [1.82, 2.24) is 15.0 Å². The molecule has 7 heteroatoms. The fraction of sp³-hybridized carbons (Fsp3) is 0.111. The van der Waals surface area contributed by atoms with Gasteiger partial charge in [0.15, 0.2) is 0 Å². The van der Waals surface area contributed by atoms with Crippen LogP contribution in [0.4, 0.5) is 8.78 Å². The van der Waals surface area contributed by atoms with Crippen molar-refractivity contribution in [3.63, 3.8) is 0 Å². The van der Waals surface area contributed by atoms with E-state index in [-0.39, 0.29) is 10.8 Å². The van der Waals surface area contributed by atoms with E-state index >= 15 is 0 Å². The minimum Gasteiger partial charge on any atom is -0.433 e. The first-order valence-corrected chi connectivity index (χ1v) is 4.58. The lowest BCUT2D eigenvalue weighted by Gasteiger charge is -2.08. The zero-order chi connectivity index (χ0) is 11.5. The zero-order valence-corrected chi connectivity index (χ0v) is 8.53. The lowest BCUT2D eigenvalue weighted by Crippen LogP contribution is -2.03. The number of ether oxygens (including phenoxy) is 1. The Kier molecular flexibility index (Phi) is 3.00. The average molecular weight is 245 g/mol. The summed E-state index contributed by atoms with van der Waals surface area (Å²) in [6.45, 7) is -2.92. The number of alkyl halides is 2. The summed E-state index contributed by atoms with van der Waals surface area (Å²) in [7, 11) is 0. The summed E-state index contributed by atoms with van der Waals surface area (Å²) in [5.74, 6) is -0.107. The van der Waals surface area contributed by atoms with Crippen LogP contribution in [0.1, 0.15) is 0 Å². The molecule has 1 aromatic heterocycles. The molecule has 2 rings (SSSR count). The molecule has 0 fully saturated rings. The van der Waals surface area contributed by atoms with Crippen LogP contribution in [0.2, 0.25) is 5.02 Å². The maximum Gasteiger partial charge on any atom is 0.387 e. The predicted molar refractivity (Wildman–Crippen MR) is 51.8 cm³/mol. The van der Waals surface area contributed by atoms with Gasteiger partial charge in [0.25, 0.3) is 0 Å². The highest BCUT2D eigenvalue weighted by atomic mass is 35.5. The van der Waals surface area contributed by atoms with Gasteiger partial charge in [-0.3, -0.25) is 0 Å². The highest BCUT2D eigenvalue weighted by Crippen LogP contribution is 2.28. The molecule has 0 saturated heterocycles. The second-order valence-corrected chi connectivity index (χ2v) is 3.19. The van der Waals surface area contributed by atoms with E-state index in [4.69, 9.17) is 11.6 Å². The van der Waals surface area contributed by atoms with Gasteiger partial charge in [-0.2, -0.15) is 8.78 Å². The molecule has 4 nitrogen and oxygen atoms in total. The summed E-state index contributed by atoms with van der Waals surface area (Å²) in [5, 5.41) is 7.24. The molecule has 0 saturated carbocycles. The molecule has 0 spiro atoms. The van der Waals surface area contributed by atoms with E-state index in [1.807, 2.05) is 0 Å². The van der Waals surface area contributed by atoms with Gasteiger partial charge in [-0.25, -0.2) is 4.68 Å². The lowest BCUT2D eigenvalue weighted by molar-refractivity contribution is -0.0497. The van der Waals surface area contributed by atoms with E-state index in [0.717, 1.165) is 0 Å². The number of aromatic nitrogens is 3. The largest absolute Gasteiger partial charge is 0.433 e.